The summed E-state index contributed by atoms with van der Waals surface area (Å²) in [5.74, 6) is 0.765. The normalized spacial score (nSPS) is 11.5. The summed E-state index contributed by atoms with van der Waals surface area (Å²) in [7, 11) is -1.29. The zero-order chi connectivity index (χ0) is 9.40. The molecule has 0 unspecified atom stereocenters. The summed E-state index contributed by atoms with van der Waals surface area (Å²) in [5.41, 5.74) is 0. The summed E-state index contributed by atoms with van der Waals surface area (Å²) >= 11 is 0. The molecule has 0 spiro atoms. The van der Waals surface area contributed by atoms with Gasteiger partial charge in [0.2, 0.25) is 0 Å². The van der Waals surface area contributed by atoms with Crippen LogP contribution in [0.5, 0.6) is 0 Å². The van der Waals surface area contributed by atoms with E-state index in [1.54, 1.807) is 0 Å². The Bertz CT molecular complexity index is 90.5. The Morgan fingerprint density at radius 2 is 1.58 bits per heavy atom. The van der Waals surface area contributed by atoms with Gasteiger partial charge in [0.25, 0.3) is 0 Å². The first kappa shape index (κ1) is 12.1. The summed E-state index contributed by atoms with van der Waals surface area (Å²) in [6.07, 6.45) is 1.23. The van der Waals surface area contributed by atoms with E-state index >= 15 is 0 Å². The molecule has 74 valence electrons. The van der Waals surface area contributed by atoms with Crippen LogP contribution in [-0.4, -0.2) is 22.5 Å². The molecule has 0 amide bonds. The van der Waals surface area contributed by atoms with Crippen molar-refractivity contribution in [1.82, 2.24) is 0 Å². The minimum atomic E-state index is -1.29. The van der Waals surface area contributed by atoms with Gasteiger partial charge in [0.1, 0.15) is 0 Å². The number of rotatable bonds is 7. The second-order valence-corrected chi connectivity index (χ2v) is 5.41. The smallest absolute Gasteiger partial charge is 0.321 e. The highest BCUT2D eigenvalue weighted by molar-refractivity contribution is 6.44. The van der Waals surface area contributed by atoms with Crippen molar-refractivity contribution in [2.24, 2.45) is 5.92 Å². The van der Waals surface area contributed by atoms with Crippen molar-refractivity contribution in [3.63, 3.8) is 0 Å². The first-order valence-electron chi connectivity index (χ1n) is 4.93. The zero-order valence-electron chi connectivity index (χ0n) is 8.80. The minimum Gasteiger partial charge on any atom is -0.397 e. The molecule has 0 radical (unpaired) electrons. The molecule has 0 aromatic heterocycles. The van der Waals surface area contributed by atoms with Gasteiger partial charge in [-0.05, 0) is 32.2 Å². The Balaban J connectivity index is 3.48. The van der Waals surface area contributed by atoms with Gasteiger partial charge in [-0.25, -0.2) is 0 Å². The van der Waals surface area contributed by atoms with Crippen LogP contribution in [0.4, 0.5) is 0 Å². The Kier molecular flexibility index (Phi) is 7.86. The van der Waals surface area contributed by atoms with E-state index in [1.165, 1.54) is 6.42 Å². The van der Waals surface area contributed by atoms with E-state index in [0.717, 1.165) is 25.2 Å². The van der Waals surface area contributed by atoms with Crippen LogP contribution in [-0.2, 0) is 8.85 Å². The maximum atomic E-state index is 5.55. The second kappa shape index (κ2) is 7.77. The Labute approximate surface area is 78.1 Å². The van der Waals surface area contributed by atoms with Crippen LogP contribution < -0.4 is 0 Å². The molecule has 0 heterocycles. The van der Waals surface area contributed by atoms with Gasteiger partial charge < -0.3 is 8.85 Å². The van der Waals surface area contributed by atoms with Gasteiger partial charge in [0.05, 0.1) is 0 Å². The molecule has 0 fully saturated rings. The quantitative estimate of drug-likeness (QED) is 0.574. The molecule has 0 aliphatic carbocycles. The predicted molar refractivity (Wildman–Crippen MR) is 54.7 cm³/mol. The van der Waals surface area contributed by atoms with E-state index in [9.17, 15) is 0 Å². The topological polar surface area (TPSA) is 18.5 Å². The van der Waals surface area contributed by atoms with E-state index in [4.69, 9.17) is 8.85 Å². The van der Waals surface area contributed by atoms with Gasteiger partial charge in [0, 0.05) is 13.2 Å². The SMILES string of the molecule is CCO[SiH](CCC(C)C)OCC. The number of hydrogen-bond acceptors (Lipinski definition) is 2. The number of hydrogen-bond donors (Lipinski definition) is 0. The highest BCUT2D eigenvalue weighted by Gasteiger charge is 2.11. The van der Waals surface area contributed by atoms with E-state index < -0.39 is 9.28 Å². The van der Waals surface area contributed by atoms with Crippen LogP contribution in [0.1, 0.15) is 34.1 Å². The van der Waals surface area contributed by atoms with Gasteiger partial charge in [-0.15, -0.1) is 0 Å². The summed E-state index contributed by atoms with van der Waals surface area (Å²) < 4.78 is 11.1. The maximum Gasteiger partial charge on any atom is 0.321 e. The Morgan fingerprint density at radius 3 is 1.92 bits per heavy atom. The van der Waals surface area contributed by atoms with Crippen LogP contribution in [0, 0.1) is 5.92 Å². The van der Waals surface area contributed by atoms with Crippen molar-refractivity contribution in [2.75, 3.05) is 13.2 Å². The molecule has 0 aromatic carbocycles. The average Bonchev–Trinajstić information content (AvgIpc) is 2.01. The van der Waals surface area contributed by atoms with Crippen LogP contribution >= 0.6 is 0 Å². The standard InChI is InChI=1S/C9H22O2Si/c1-5-10-12(11-6-2)8-7-9(3)4/h9,12H,5-8H2,1-4H3. The van der Waals surface area contributed by atoms with Crippen molar-refractivity contribution >= 4 is 9.28 Å². The molecule has 0 aliphatic heterocycles. The van der Waals surface area contributed by atoms with Crippen molar-refractivity contribution in [3.8, 4) is 0 Å². The lowest BCUT2D eigenvalue weighted by Crippen LogP contribution is -2.23. The molecule has 0 atom stereocenters. The minimum absolute atomic E-state index is 0.765. The van der Waals surface area contributed by atoms with Crippen LogP contribution in [0.3, 0.4) is 0 Å². The highest BCUT2D eigenvalue weighted by Crippen LogP contribution is 2.08. The molecule has 0 aliphatic rings. The van der Waals surface area contributed by atoms with Gasteiger partial charge in [-0.2, -0.15) is 0 Å². The summed E-state index contributed by atoms with van der Waals surface area (Å²) in [5, 5.41) is 0. The van der Waals surface area contributed by atoms with Crippen molar-refractivity contribution < 1.29 is 8.85 Å². The Hall–Kier alpha value is 0.137. The van der Waals surface area contributed by atoms with Crippen LogP contribution in [0.2, 0.25) is 6.04 Å². The molecular formula is C9H22O2Si. The van der Waals surface area contributed by atoms with Crippen LogP contribution in [0.25, 0.3) is 0 Å². The molecule has 0 rings (SSSR count). The lowest BCUT2D eigenvalue weighted by Gasteiger charge is -2.15. The van der Waals surface area contributed by atoms with Gasteiger partial charge >= 0.3 is 9.28 Å². The summed E-state index contributed by atoms with van der Waals surface area (Å²) in [4.78, 5) is 0. The molecule has 2 nitrogen and oxygen atoms in total. The monoisotopic (exact) mass is 190 g/mol. The molecule has 3 heteroatoms. The van der Waals surface area contributed by atoms with Gasteiger partial charge in [0.15, 0.2) is 0 Å². The molecule has 12 heavy (non-hydrogen) atoms. The predicted octanol–water partition coefficient (Wildman–Crippen LogP) is 2.33. The fourth-order valence-electron chi connectivity index (χ4n) is 1.06. The van der Waals surface area contributed by atoms with Gasteiger partial charge in [-0.3, -0.25) is 0 Å². The third-order valence-electron chi connectivity index (χ3n) is 1.68. The first-order valence-corrected chi connectivity index (χ1v) is 6.69. The summed E-state index contributed by atoms with van der Waals surface area (Å²) in [6.45, 7) is 10.2. The molecule has 0 N–H and O–H groups in total. The molecule has 0 aromatic rings. The lowest BCUT2D eigenvalue weighted by atomic mass is 10.2. The third kappa shape index (κ3) is 6.82. The average molecular weight is 190 g/mol. The third-order valence-corrected chi connectivity index (χ3v) is 3.90. The highest BCUT2D eigenvalue weighted by atomic mass is 28.3. The fraction of sp³-hybridized carbons (Fsp3) is 1.00. The zero-order valence-corrected chi connectivity index (χ0v) is 9.95. The Morgan fingerprint density at radius 1 is 1.08 bits per heavy atom. The van der Waals surface area contributed by atoms with E-state index in [0.29, 0.717) is 0 Å². The first-order chi connectivity index (χ1) is 5.70. The van der Waals surface area contributed by atoms with Gasteiger partial charge in [-0.1, -0.05) is 13.8 Å². The van der Waals surface area contributed by atoms with Crippen molar-refractivity contribution in [2.45, 2.75) is 40.2 Å². The molecule has 0 bridgehead atoms. The molecule has 0 saturated heterocycles. The van der Waals surface area contributed by atoms with E-state index in [2.05, 4.69) is 13.8 Å². The molecular weight excluding hydrogens is 168 g/mol. The second-order valence-electron chi connectivity index (χ2n) is 3.31. The van der Waals surface area contributed by atoms with Crippen molar-refractivity contribution in [1.29, 1.82) is 0 Å². The lowest BCUT2D eigenvalue weighted by molar-refractivity contribution is 0.211. The van der Waals surface area contributed by atoms with E-state index in [1.807, 2.05) is 13.8 Å². The van der Waals surface area contributed by atoms with Crippen molar-refractivity contribution in [3.05, 3.63) is 0 Å². The maximum absolute atomic E-state index is 5.55. The summed E-state index contributed by atoms with van der Waals surface area (Å²) in [6, 6.07) is 1.15. The largest absolute Gasteiger partial charge is 0.397 e. The van der Waals surface area contributed by atoms with E-state index in [-0.39, 0.29) is 0 Å². The van der Waals surface area contributed by atoms with Crippen LogP contribution in [0.15, 0.2) is 0 Å². The molecule has 0 saturated carbocycles. The fourth-order valence-corrected chi connectivity index (χ4v) is 3.17.